The third-order valence-electron chi connectivity index (χ3n) is 2.09. The van der Waals surface area contributed by atoms with Gasteiger partial charge in [0.05, 0.1) is 0 Å². The second-order valence-electron chi connectivity index (χ2n) is 3.72. The van der Waals surface area contributed by atoms with E-state index in [1.807, 2.05) is 13.8 Å². The average Bonchev–Trinajstić information content (AvgIpc) is 2.26. The zero-order chi connectivity index (χ0) is 11.3. The fraction of sp³-hybridized carbons (Fsp3) is 0.700. The van der Waals surface area contributed by atoms with Gasteiger partial charge in [-0.2, -0.15) is 5.10 Å². The molecule has 0 radical (unpaired) electrons. The van der Waals surface area contributed by atoms with E-state index in [-0.39, 0.29) is 12.1 Å². The average molecular weight is 211 g/mol. The van der Waals surface area contributed by atoms with Crippen LogP contribution in [0.25, 0.3) is 0 Å². The number of nitrogens with one attached hydrogen (secondary N) is 1. The number of hydrazone groups is 1. The topological polar surface area (TPSA) is 65.8 Å². The SMILES string of the molecule is CC(C)=NN(C(=N)C=O)C1CCCCO1. The molecule has 1 aliphatic rings. The molecule has 0 aromatic rings. The van der Waals surface area contributed by atoms with Crippen molar-refractivity contribution in [2.45, 2.75) is 39.3 Å². The molecule has 5 heteroatoms. The highest BCUT2D eigenvalue weighted by Gasteiger charge is 2.23. The number of hydrogen-bond acceptors (Lipinski definition) is 4. The molecule has 0 aliphatic carbocycles. The van der Waals surface area contributed by atoms with E-state index in [9.17, 15) is 4.79 Å². The van der Waals surface area contributed by atoms with Crippen LogP contribution in [0, 0.1) is 5.41 Å². The minimum absolute atomic E-state index is 0.150. The van der Waals surface area contributed by atoms with Crippen LogP contribution in [0.3, 0.4) is 0 Å². The summed E-state index contributed by atoms with van der Waals surface area (Å²) in [5.41, 5.74) is 0.802. The van der Waals surface area contributed by atoms with Gasteiger partial charge in [0.15, 0.2) is 18.3 Å². The van der Waals surface area contributed by atoms with Gasteiger partial charge in [-0.3, -0.25) is 10.2 Å². The van der Waals surface area contributed by atoms with Crippen molar-refractivity contribution in [3.63, 3.8) is 0 Å². The Hall–Kier alpha value is -1.23. The number of nitrogens with zero attached hydrogens (tertiary/aromatic N) is 2. The van der Waals surface area contributed by atoms with Crippen LogP contribution in [0.4, 0.5) is 0 Å². The molecule has 1 unspecified atom stereocenters. The van der Waals surface area contributed by atoms with Crippen LogP contribution in [0.5, 0.6) is 0 Å². The molecule has 1 atom stereocenters. The van der Waals surface area contributed by atoms with Gasteiger partial charge in [0.2, 0.25) is 0 Å². The molecule has 1 fully saturated rings. The molecule has 1 rings (SSSR count). The van der Waals surface area contributed by atoms with E-state index in [0.717, 1.165) is 25.0 Å². The normalized spacial score (nSPS) is 20.5. The highest BCUT2D eigenvalue weighted by atomic mass is 16.5. The third kappa shape index (κ3) is 3.43. The summed E-state index contributed by atoms with van der Waals surface area (Å²) in [5, 5.41) is 13.0. The first-order chi connectivity index (χ1) is 7.15. The zero-order valence-corrected chi connectivity index (χ0v) is 9.19. The van der Waals surface area contributed by atoms with Crippen molar-refractivity contribution in [1.29, 1.82) is 5.41 Å². The van der Waals surface area contributed by atoms with Gasteiger partial charge in [-0.1, -0.05) is 0 Å². The summed E-state index contributed by atoms with van der Waals surface area (Å²) in [6.07, 6.45) is 3.13. The Bertz CT molecular complexity index is 266. The van der Waals surface area contributed by atoms with E-state index in [0.29, 0.717) is 12.9 Å². The smallest absolute Gasteiger partial charge is 0.186 e. The van der Waals surface area contributed by atoms with Gasteiger partial charge >= 0.3 is 0 Å². The molecule has 1 N–H and O–H groups in total. The van der Waals surface area contributed by atoms with Gasteiger partial charge in [-0.05, 0) is 33.1 Å². The van der Waals surface area contributed by atoms with E-state index in [2.05, 4.69) is 5.10 Å². The number of carbonyl (C=O) groups excluding carboxylic acids is 1. The Balaban J connectivity index is 2.74. The van der Waals surface area contributed by atoms with Gasteiger partial charge in [0.1, 0.15) is 0 Å². The Kier molecular flexibility index (Phi) is 4.42. The first kappa shape index (κ1) is 11.8. The lowest BCUT2D eigenvalue weighted by Gasteiger charge is -2.30. The first-order valence-corrected chi connectivity index (χ1v) is 5.11. The van der Waals surface area contributed by atoms with Gasteiger partial charge in [-0.15, -0.1) is 0 Å². The lowest BCUT2D eigenvalue weighted by molar-refractivity contribution is -0.105. The molecule has 15 heavy (non-hydrogen) atoms. The highest BCUT2D eigenvalue weighted by molar-refractivity contribution is 6.25. The van der Waals surface area contributed by atoms with Crippen LogP contribution >= 0.6 is 0 Å². The van der Waals surface area contributed by atoms with Gasteiger partial charge in [0.25, 0.3) is 0 Å². The van der Waals surface area contributed by atoms with Crippen LogP contribution in [-0.4, -0.2) is 35.7 Å². The Morgan fingerprint density at radius 3 is 2.73 bits per heavy atom. The molecular formula is C10H17N3O2. The molecular weight excluding hydrogens is 194 g/mol. The molecule has 1 aliphatic heterocycles. The van der Waals surface area contributed by atoms with Crippen molar-refractivity contribution in [3.05, 3.63) is 0 Å². The number of aldehydes is 1. The van der Waals surface area contributed by atoms with Crippen molar-refractivity contribution in [3.8, 4) is 0 Å². The van der Waals surface area contributed by atoms with Gasteiger partial charge in [-0.25, -0.2) is 5.01 Å². The van der Waals surface area contributed by atoms with Crippen LogP contribution in [-0.2, 0) is 9.53 Å². The summed E-state index contributed by atoms with van der Waals surface area (Å²) in [4.78, 5) is 10.6. The zero-order valence-electron chi connectivity index (χ0n) is 9.19. The fourth-order valence-electron chi connectivity index (χ4n) is 1.46. The molecule has 1 heterocycles. The Labute approximate surface area is 89.6 Å². The Morgan fingerprint density at radius 1 is 1.53 bits per heavy atom. The Morgan fingerprint density at radius 2 is 2.27 bits per heavy atom. The number of carbonyl (C=O) groups is 1. The van der Waals surface area contributed by atoms with Gasteiger partial charge in [0, 0.05) is 12.3 Å². The standard InChI is InChI=1S/C10H17N3O2/c1-8(2)12-13(9(11)7-14)10-5-3-4-6-15-10/h7,10-11H,3-6H2,1-2H3. The summed E-state index contributed by atoms with van der Waals surface area (Å²) in [5.74, 6) is -0.150. The van der Waals surface area contributed by atoms with Crippen LogP contribution in [0.1, 0.15) is 33.1 Å². The van der Waals surface area contributed by atoms with Crippen molar-refractivity contribution in [2.24, 2.45) is 5.10 Å². The summed E-state index contributed by atoms with van der Waals surface area (Å²) in [6, 6.07) is 0. The first-order valence-electron chi connectivity index (χ1n) is 5.11. The number of amidine groups is 1. The maximum absolute atomic E-state index is 10.6. The predicted octanol–water partition coefficient (Wildman–Crippen LogP) is 1.39. The van der Waals surface area contributed by atoms with Crippen molar-refractivity contribution < 1.29 is 9.53 Å². The minimum atomic E-state index is -0.258. The largest absolute Gasteiger partial charge is 0.356 e. The summed E-state index contributed by atoms with van der Waals surface area (Å²) in [6.45, 7) is 4.33. The molecule has 0 bridgehead atoms. The van der Waals surface area contributed by atoms with Crippen molar-refractivity contribution >= 4 is 17.8 Å². The number of rotatable bonds is 3. The molecule has 84 valence electrons. The molecule has 0 amide bonds. The molecule has 0 spiro atoms. The lowest BCUT2D eigenvalue weighted by Crippen LogP contribution is -2.40. The van der Waals surface area contributed by atoms with Crippen LogP contribution in [0.2, 0.25) is 0 Å². The highest BCUT2D eigenvalue weighted by Crippen LogP contribution is 2.17. The van der Waals surface area contributed by atoms with Crippen molar-refractivity contribution in [2.75, 3.05) is 6.61 Å². The lowest BCUT2D eigenvalue weighted by atomic mass is 10.2. The van der Waals surface area contributed by atoms with E-state index in [1.54, 1.807) is 0 Å². The fourth-order valence-corrected chi connectivity index (χ4v) is 1.46. The summed E-state index contributed by atoms with van der Waals surface area (Å²) < 4.78 is 5.48. The van der Waals surface area contributed by atoms with Crippen molar-refractivity contribution in [1.82, 2.24) is 5.01 Å². The number of ether oxygens (including phenoxy) is 1. The summed E-state index contributed by atoms with van der Waals surface area (Å²) in [7, 11) is 0. The molecule has 5 nitrogen and oxygen atoms in total. The quantitative estimate of drug-likeness (QED) is 0.332. The maximum Gasteiger partial charge on any atom is 0.186 e. The molecule has 0 aromatic carbocycles. The van der Waals surface area contributed by atoms with E-state index in [1.165, 1.54) is 5.01 Å². The third-order valence-corrected chi connectivity index (χ3v) is 2.09. The molecule has 0 saturated carbocycles. The number of hydrogen-bond donors (Lipinski definition) is 1. The van der Waals surface area contributed by atoms with E-state index >= 15 is 0 Å². The predicted molar refractivity (Wildman–Crippen MR) is 58.0 cm³/mol. The molecule has 0 aromatic heterocycles. The monoisotopic (exact) mass is 211 g/mol. The second-order valence-corrected chi connectivity index (χ2v) is 3.72. The summed E-state index contributed by atoms with van der Waals surface area (Å²) >= 11 is 0. The van der Waals surface area contributed by atoms with Gasteiger partial charge < -0.3 is 4.74 Å². The maximum atomic E-state index is 10.6. The van der Waals surface area contributed by atoms with Crippen LogP contribution in [0.15, 0.2) is 5.10 Å². The van der Waals surface area contributed by atoms with E-state index in [4.69, 9.17) is 10.1 Å². The molecule has 1 saturated heterocycles. The second kappa shape index (κ2) is 5.60. The minimum Gasteiger partial charge on any atom is -0.356 e. The van der Waals surface area contributed by atoms with Crippen LogP contribution < -0.4 is 0 Å². The van der Waals surface area contributed by atoms with E-state index < -0.39 is 0 Å².